The fourth-order valence-corrected chi connectivity index (χ4v) is 3.17. The molecule has 3 aromatic rings. The molecule has 9 nitrogen and oxygen atoms in total. The van der Waals surface area contributed by atoms with Crippen LogP contribution in [0.5, 0.6) is 5.88 Å². The number of amides is 1. The summed E-state index contributed by atoms with van der Waals surface area (Å²) in [6, 6.07) is 6.62. The van der Waals surface area contributed by atoms with Crippen LogP contribution in [0.1, 0.15) is 27.0 Å². The van der Waals surface area contributed by atoms with Crippen molar-refractivity contribution in [3.8, 4) is 11.6 Å². The Balaban J connectivity index is 2.00. The number of carbonyl (C=O) groups excluding carboxylic acids is 1. The highest BCUT2D eigenvalue weighted by molar-refractivity contribution is 9.10. The van der Waals surface area contributed by atoms with Gasteiger partial charge in [0.2, 0.25) is 5.88 Å². The molecule has 3 rings (SSSR count). The second-order valence-electron chi connectivity index (χ2n) is 6.16. The fourth-order valence-electron chi connectivity index (χ4n) is 2.53. The molecule has 1 aromatic carbocycles. The number of aryl methyl sites for hydroxylation is 2. The van der Waals surface area contributed by atoms with Gasteiger partial charge < -0.3 is 5.11 Å². The van der Waals surface area contributed by atoms with Gasteiger partial charge in [0.25, 0.3) is 11.5 Å². The van der Waals surface area contributed by atoms with E-state index >= 15 is 0 Å². The third-order valence-corrected chi connectivity index (χ3v) is 4.84. The topological polar surface area (TPSA) is 129 Å². The first-order valence-corrected chi connectivity index (χ1v) is 9.17. The number of hydrazone groups is 1. The van der Waals surface area contributed by atoms with Crippen molar-refractivity contribution >= 4 is 28.1 Å². The van der Waals surface area contributed by atoms with E-state index in [9.17, 15) is 19.5 Å². The van der Waals surface area contributed by atoms with E-state index in [-0.39, 0.29) is 11.1 Å². The number of hydrogen-bond donors (Lipinski definition) is 3. The maximum atomic E-state index is 12.3. The molecule has 0 unspecified atom stereocenters. The van der Waals surface area contributed by atoms with Crippen LogP contribution in [0.25, 0.3) is 5.69 Å². The number of H-pyrrole nitrogens is 1. The molecule has 10 heteroatoms. The highest BCUT2D eigenvalue weighted by Gasteiger charge is 2.17. The molecule has 2 heterocycles. The molecule has 0 aliphatic rings. The zero-order valence-electron chi connectivity index (χ0n) is 15.4. The zero-order chi connectivity index (χ0) is 21.1. The Morgan fingerprint density at radius 1 is 1.31 bits per heavy atom. The van der Waals surface area contributed by atoms with Crippen molar-refractivity contribution in [1.29, 1.82) is 0 Å². The van der Waals surface area contributed by atoms with Gasteiger partial charge in [-0.3, -0.25) is 19.6 Å². The van der Waals surface area contributed by atoms with Gasteiger partial charge in [-0.1, -0.05) is 0 Å². The molecule has 29 heavy (non-hydrogen) atoms. The van der Waals surface area contributed by atoms with Gasteiger partial charge >= 0.3 is 5.69 Å². The summed E-state index contributed by atoms with van der Waals surface area (Å²) in [5, 5.41) is 14.3. The molecular weight excluding hydrogens is 442 g/mol. The van der Waals surface area contributed by atoms with E-state index < -0.39 is 23.0 Å². The average molecular weight is 458 g/mol. The fraction of sp³-hybridized carbons (Fsp3) is 0.105. The third-order valence-electron chi connectivity index (χ3n) is 4.21. The summed E-state index contributed by atoms with van der Waals surface area (Å²) in [7, 11) is 0. The number of carbonyl (C=O) groups is 1. The van der Waals surface area contributed by atoms with Crippen molar-refractivity contribution in [3.63, 3.8) is 0 Å². The van der Waals surface area contributed by atoms with Crippen molar-refractivity contribution in [1.82, 2.24) is 20.0 Å². The quantitative estimate of drug-likeness (QED) is 0.406. The molecule has 0 atom stereocenters. The maximum absolute atomic E-state index is 12.3. The molecule has 0 fully saturated rings. The lowest BCUT2D eigenvalue weighted by Crippen LogP contribution is -2.32. The van der Waals surface area contributed by atoms with Crippen molar-refractivity contribution in [2.24, 2.45) is 5.10 Å². The summed E-state index contributed by atoms with van der Waals surface area (Å²) < 4.78 is 1.50. The average Bonchev–Trinajstić information content (AvgIpc) is 2.68. The molecule has 2 aromatic heterocycles. The predicted octanol–water partition coefficient (Wildman–Crippen LogP) is 1.77. The Bertz CT molecular complexity index is 1230. The van der Waals surface area contributed by atoms with Gasteiger partial charge in [-0.25, -0.2) is 14.8 Å². The lowest BCUT2D eigenvalue weighted by Gasteiger charge is -2.13. The summed E-state index contributed by atoms with van der Waals surface area (Å²) in [6.45, 7) is 3.76. The van der Waals surface area contributed by atoms with E-state index in [2.05, 4.69) is 36.4 Å². The number of benzene rings is 1. The number of aromatic amines is 1. The van der Waals surface area contributed by atoms with Gasteiger partial charge in [0.1, 0.15) is 5.56 Å². The van der Waals surface area contributed by atoms with Gasteiger partial charge in [-0.2, -0.15) is 5.10 Å². The standard InChI is InChI=1S/C19H16BrN5O4/c1-10-6-14(20)15(7-11(10)2)25-18(28)13(17(27)23-19(25)29)9-22-24-16(26)12-4-3-5-21-8-12/h3-9,28H,1-2H3,(H,24,26)(H,23,27,29)/b22-9+. The summed E-state index contributed by atoms with van der Waals surface area (Å²) in [5.41, 5.74) is 2.78. The van der Waals surface area contributed by atoms with Crippen LogP contribution in [0.4, 0.5) is 0 Å². The summed E-state index contributed by atoms with van der Waals surface area (Å²) in [5.74, 6) is -1.16. The number of pyridine rings is 1. The number of nitrogens with one attached hydrogen (secondary N) is 2. The van der Waals surface area contributed by atoms with Gasteiger partial charge in [0, 0.05) is 16.9 Å². The Morgan fingerprint density at radius 3 is 2.72 bits per heavy atom. The number of nitrogens with zero attached hydrogens (tertiary/aromatic N) is 3. The molecule has 0 bridgehead atoms. The van der Waals surface area contributed by atoms with Crippen molar-refractivity contribution in [2.75, 3.05) is 0 Å². The SMILES string of the molecule is Cc1cc(Br)c(-n2c(O)c(/C=N/NC(=O)c3cccnc3)c(=O)[nH]c2=O)cc1C. The maximum Gasteiger partial charge on any atom is 0.335 e. The molecule has 0 saturated heterocycles. The first-order chi connectivity index (χ1) is 13.8. The molecule has 0 saturated carbocycles. The highest BCUT2D eigenvalue weighted by Crippen LogP contribution is 2.26. The second kappa shape index (κ2) is 8.23. The molecule has 0 aliphatic heterocycles. The van der Waals surface area contributed by atoms with Crippen molar-refractivity contribution < 1.29 is 9.90 Å². The predicted molar refractivity (Wildman–Crippen MR) is 111 cm³/mol. The van der Waals surface area contributed by atoms with Crippen molar-refractivity contribution in [2.45, 2.75) is 13.8 Å². The molecule has 0 radical (unpaired) electrons. The van der Waals surface area contributed by atoms with Crippen LogP contribution in [0, 0.1) is 13.8 Å². The number of halogens is 1. The molecule has 0 spiro atoms. The van der Waals surface area contributed by atoms with E-state index in [0.717, 1.165) is 21.9 Å². The first kappa shape index (κ1) is 20.2. The van der Waals surface area contributed by atoms with Gasteiger partial charge in [-0.15, -0.1) is 0 Å². The zero-order valence-corrected chi connectivity index (χ0v) is 17.0. The van der Waals surface area contributed by atoms with Crippen LogP contribution in [-0.4, -0.2) is 31.8 Å². The Hall–Kier alpha value is -3.53. The molecule has 148 valence electrons. The van der Waals surface area contributed by atoms with Crippen LogP contribution in [0.15, 0.2) is 55.8 Å². The molecule has 0 aliphatic carbocycles. The lowest BCUT2D eigenvalue weighted by molar-refractivity contribution is 0.0954. The van der Waals surface area contributed by atoms with Crippen LogP contribution < -0.4 is 16.7 Å². The molecule has 1 amide bonds. The van der Waals surface area contributed by atoms with Crippen LogP contribution in [-0.2, 0) is 0 Å². The summed E-state index contributed by atoms with van der Waals surface area (Å²) in [6.07, 6.45) is 3.84. The monoisotopic (exact) mass is 457 g/mol. The molecular formula is C19H16BrN5O4. The van der Waals surface area contributed by atoms with Crippen LogP contribution in [0.2, 0.25) is 0 Å². The van der Waals surface area contributed by atoms with Crippen LogP contribution in [0.3, 0.4) is 0 Å². The smallest absolute Gasteiger partial charge is 0.335 e. The number of rotatable bonds is 4. The summed E-state index contributed by atoms with van der Waals surface area (Å²) in [4.78, 5) is 42.4. The molecule has 3 N–H and O–H groups in total. The largest absolute Gasteiger partial charge is 0.493 e. The van der Waals surface area contributed by atoms with Gasteiger partial charge in [-0.05, 0) is 65.2 Å². The normalized spacial score (nSPS) is 11.0. The number of aromatic nitrogens is 3. The minimum atomic E-state index is -0.844. The summed E-state index contributed by atoms with van der Waals surface area (Å²) >= 11 is 3.37. The Morgan fingerprint density at radius 2 is 2.03 bits per heavy atom. The minimum absolute atomic E-state index is 0.270. The Kier molecular flexibility index (Phi) is 5.74. The number of aromatic hydroxyl groups is 1. The first-order valence-electron chi connectivity index (χ1n) is 8.38. The van der Waals surface area contributed by atoms with Crippen molar-refractivity contribution in [3.05, 3.63) is 84.2 Å². The van der Waals surface area contributed by atoms with Crippen LogP contribution >= 0.6 is 15.9 Å². The van der Waals surface area contributed by atoms with E-state index in [0.29, 0.717) is 10.2 Å². The van der Waals surface area contributed by atoms with E-state index in [1.54, 1.807) is 24.3 Å². The lowest BCUT2D eigenvalue weighted by atomic mass is 10.1. The van der Waals surface area contributed by atoms with E-state index in [1.165, 1.54) is 12.4 Å². The minimum Gasteiger partial charge on any atom is -0.493 e. The van der Waals surface area contributed by atoms with E-state index in [1.807, 2.05) is 13.8 Å². The van der Waals surface area contributed by atoms with Gasteiger partial charge in [0.15, 0.2) is 0 Å². The number of hydrogen-bond acceptors (Lipinski definition) is 6. The second-order valence-corrected chi connectivity index (χ2v) is 7.02. The highest BCUT2D eigenvalue weighted by atomic mass is 79.9. The third kappa shape index (κ3) is 4.16. The Labute approximate surface area is 172 Å². The van der Waals surface area contributed by atoms with Gasteiger partial charge in [0.05, 0.1) is 17.5 Å². The van der Waals surface area contributed by atoms with E-state index in [4.69, 9.17) is 0 Å².